The predicted octanol–water partition coefficient (Wildman–Crippen LogP) is 3.15. The number of piperidine rings is 1. The molecule has 0 spiro atoms. The maximum absolute atomic E-state index is 12.3. The van der Waals surface area contributed by atoms with Crippen LogP contribution < -0.4 is 10.1 Å². The van der Waals surface area contributed by atoms with Crippen LogP contribution in [0.2, 0.25) is 0 Å². The number of amides is 2. The van der Waals surface area contributed by atoms with E-state index >= 15 is 0 Å². The van der Waals surface area contributed by atoms with E-state index < -0.39 is 0 Å². The average molecular weight is 355 g/mol. The molecule has 2 amide bonds. The standard InChI is InChI=1S/C15H19BrN2O3/c1-9-7-18(8-10(2)14(9)19)15(20)17-13-5-4-11(21-3)6-12(13)16/h4-6,9-10H,7-8H2,1-3H3,(H,17,20)/t9-,10-/m1/s1. The van der Waals surface area contributed by atoms with E-state index in [9.17, 15) is 9.59 Å². The lowest BCUT2D eigenvalue weighted by molar-refractivity contribution is -0.128. The third-order valence-corrected chi connectivity index (χ3v) is 4.32. The Bertz CT molecular complexity index is 548. The zero-order valence-electron chi connectivity index (χ0n) is 12.4. The van der Waals surface area contributed by atoms with Crippen molar-refractivity contribution in [1.82, 2.24) is 4.90 Å². The molecule has 6 heteroatoms. The number of anilines is 1. The molecule has 5 nitrogen and oxygen atoms in total. The van der Waals surface area contributed by atoms with Crippen molar-refractivity contribution in [3.05, 3.63) is 22.7 Å². The monoisotopic (exact) mass is 354 g/mol. The summed E-state index contributed by atoms with van der Waals surface area (Å²) < 4.78 is 5.87. The van der Waals surface area contributed by atoms with E-state index in [1.165, 1.54) is 0 Å². The van der Waals surface area contributed by atoms with Gasteiger partial charge in [-0.1, -0.05) is 13.8 Å². The first-order valence-corrected chi connectivity index (χ1v) is 7.65. The van der Waals surface area contributed by atoms with Crippen molar-refractivity contribution in [2.75, 3.05) is 25.5 Å². The number of methoxy groups -OCH3 is 1. The van der Waals surface area contributed by atoms with Gasteiger partial charge in [0.15, 0.2) is 0 Å². The highest BCUT2D eigenvalue weighted by Gasteiger charge is 2.32. The Hall–Kier alpha value is -1.56. The number of hydrogen-bond donors (Lipinski definition) is 1. The third-order valence-electron chi connectivity index (χ3n) is 3.66. The first kappa shape index (κ1) is 15.8. The van der Waals surface area contributed by atoms with Crippen molar-refractivity contribution in [2.45, 2.75) is 13.8 Å². The van der Waals surface area contributed by atoms with Gasteiger partial charge in [-0.3, -0.25) is 4.79 Å². The molecule has 0 unspecified atom stereocenters. The van der Waals surface area contributed by atoms with E-state index in [1.54, 1.807) is 30.2 Å². The Morgan fingerprint density at radius 3 is 2.48 bits per heavy atom. The number of benzene rings is 1. The summed E-state index contributed by atoms with van der Waals surface area (Å²) in [4.78, 5) is 25.8. The molecule has 1 N–H and O–H groups in total. The number of halogens is 1. The minimum Gasteiger partial charge on any atom is -0.497 e. The molecule has 21 heavy (non-hydrogen) atoms. The van der Waals surface area contributed by atoms with Crippen molar-refractivity contribution >= 4 is 33.4 Å². The average Bonchev–Trinajstić information content (AvgIpc) is 2.46. The molecule has 0 saturated carbocycles. The first-order valence-electron chi connectivity index (χ1n) is 6.85. The maximum atomic E-state index is 12.3. The molecule has 0 aromatic heterocycles. The molecule has 114 valence electrons. The lowest BCUT2D eigenvalue weighted by Crippen LogP contribution is -2.49. The number of Topliss-reactive ketones (excluding diaryl/α,β-unsaturated/α-hetero) is 1. The Labute approximate surface area is 132 Å². The quantitative estimate of drug-likeness (QED) is 0.887. The number of carbonyl (C=O) groups is 2. The predicted molar refractivity (Wildman–Crippen MR) is 84.6 cm³/mol. The highest BCUT2D eigenvalue weighted by molar-refractivity contribution is 9.10. The van der Waals surface area contributed by atoms with Crippen molar-refractivity contribution in [3.63, 3.8) is 0 Å². The molecule has 0 aliphatic carbocycles. The molecule has 0 radical (unpaired) electrons. The number of urea groups is 1. The first-order chi connectivity index (χ1) is 9.92. The number of ether oxygens (including phenoxy) is 1. The number of carbonyl (C=O) groups excluding carboxylic acids is 2. The lowest BCUT2D eigenvalue weighted by atomic mass is 9.90. The van der Waals surface area contributed by atoms with Crippen LogP contribution in [0.15, 0.2) is 22.7 Å². The van der Waals surface area contributed by atoms with Crippen LogP contribution in [0.3, 0.4) is 0 Å². The molecule has 1 aliphatic heterocycles. The highest BCUT2D eigenvalue weighted by Crippen LogP contribution is 2.28. The summed E-state index contributed by atoms with van der Waals surface area (Å²) in [6.07, 6.45) is 0. The van der Waals surface area contributed by atoms with E-state index in [0.717, 1.165) is 4.47 Å². The van der Waals surface area contributed by atoms with Crippen LogP contribution in [0.1, 0.15) is 13.8 Å². The van der Waals surface area contributed by atoms with Gasteiger partial charge in [-0.25, -0.2) is 4.79 Å². The van der Waals surface area contributed by atoms with Gasteiger partial charge in [0.1, 0.15) is 11.5 Å². The Morgan fingerprint density at radius 1 is 1.33 bits per heavy atom. The molecule has 2 atom stereocenters. The highest BCUT2D eigenvalue weighted by atomic mass is 79.9. The number of ketones is 1. The van der Waals surface area contributed by atoms with E-state index in [-0.39, 0.29) is 23.7 Å². The molecule has 1 fully saturated rings. The van der Waals surface area contributed by atoms with Crippen molar-refractivity contribution in [1.29, 1.82) is 0 Å². The van der Waals surface area contributed by atoms with Gasteiger partial charge in [0.25, 0.3) is 0 Å². The number of nitrogens with zero attached hydrogens (tertiary/aromatic N) is 1. The van der Waals surface area contributed by atoms with Gasteiger partial charge in [-0.15, -0.1) is 0 Å². The molecule has 1 aromatic rings. The van der Waals surface area contributed by atoms with Gasteiger partial charge < -0.3 is 15.0 Å². The molecular weight excluding hydrogens is 336 g/mol. The van der Waals surface area contributed by atoms with Gasteiger partial charge in [0, 0.05) is 29.4 Å². The summed E-state index contributed by atoms with van der Waals surface area (Å²) in [6, 6.07) is 5.17. The van der Waals surface area contributed by atoms with Gasteiger partial charge in [0.2, 0.25) is 0 Å². The fourth-order valence-corrected chi connectivity index (χ4v) is 2.94. The Kier molecular flexibility index (Phi) is 4.88. The zero-order chi connectivity index (χ0) is 15.6. The van der Waals surface area contributed by atoms with E-state index in [4.69, 9.17) is 4.74 Å². The fourth-order valence-electron chi connectivity index (χ4n) is 2.49. The molecule has 1 aliphatic rings. The fraction of sp³-hybridized carbons (Fsp3) is 0.467. The molecule has 0 bridgehead atoms. The van der Waals surface area contributed by atoms with E-state index in [1.807, 2.05) is 13.8 Å². The molecule has 1 aromatic carbocycles. The van der Waals surface area contributed by atoms with Gasteiger partial charge in [0.05, 0.1) is 12.8 Å². The molecule has 1 saturated heterocycles. The summed E-state index contributed by atoms with van der Waals surface area (Å²) in [7, 11) is 1.59. The van der Waals surface area contributed by atoms with Crippen LogP contribution >= 0.6 is 15.9 Å². The van der Waals surface area contributed by atoms with Gasteiger partial charge in [-0.2, -0.15) is 0 Å². The van der Waals surface area contributed by atoms with Crippen LogP contribution in [0.25, 0.3) is 0 Å². The number of hydrogen-bond acceptors (Lipinski definition) is 3. The van der Waals surface area contributed by atoms with Crippen LogP contribution in [0.4, 0.5) is 10.5 Å². The maximum Gasteiger partial charge on any atom is 0.321 e. The van der Waals surface area contributed by atoms with E-state index in [0.29, 0.717) is 24.5 Å². The van der Waals surface area contributed by atoms with Crippen LogP contribution in [0, 0.1) is 11.8 Å². The van der Waals surface area contributed by atoms with Crippen LogP contribution in [-0.4, -0.2) is 36.9 Å². The molecule has 1 heterocycles. The van der Waals surface area contributed by atoms with Crippen molar-refractivity contribution in [3.8, 4) is 5.75 Å². The van der Waals surface area contributed by atoms with Gasteiger partial charge >= 0.3 is 6.03 Å². The summed E-state index contributed by atoms with van der Waals surface area (Å²) in [5.74, 6) is 0.716. The Balaban J connectivity index is 2.06. The SMILES string of the molecule is COc1ccc(NC(=O)N2C[C@@H](C)C(=O)[C@H](C)C2)c(Br)c1. The molecule has 2 rings (SSSR count). The normalized spacial score (nSPS) is 22.1. The summed E-state index contributed by atoms with van der Waals surface area (Å²) in [5.41, 5.74) is 0.679. The number of likely N-dealkylation sites (tertiary alicyclic amines) is 1. The Morgan fingerprint density at radius 2 is 1.95 bits per heavy atom. The number of nitrogens with one attached hydrogen (secondary N) is 1. The summed E-state index contributed by atoms with van der Waals surface area (Å²) in [6.45, 7) is 4.65. The lowest BCUT2D eigenvalue weighted by Gasteiger charge is -2.33. The second-order valence-electron chi connectivity index (χ2n) is 5.39. The molecular formula is C15H19BrN2O3. The second kappa shape index (κ2) is 6.47. The zero-order valence-corrected chi connectivity index (χ0v) is 13.9. The minimum absolute atomic E-state index is 0.112. The second-order valence-corrected chi connectivity index (χ2v) is 6.24. The largest absolute Gasteiger partial charge is 0.497 e. The van der Waals surface area contributed by atoms with Crippen LogP contribution in [0.5, 0.6) is 5.75 Å². The van der Waals surface area contributed by atoms with E-state index in [2.05, 4.69) is 21.2 Å². The smallest absolute Gasteiger partial charge is 0.321 e. The third kappa shape index (κ3) is 3.56. The number of rotatable bonds is 2. The van der Waals surface area contributed by atoms with Crippen LogP contribution in [-0.2, 0) is 4.79 Å². The van der Waals surface area contributed by atoms with Crippen molar-refractivity contribution < 1.29 is 14.3 Å². The minimum atomic E-state index is -0.188. The topological polar surface area (TPSA) is 58.6 Å². The van der Waals surface area contributed by atoms with Gasteiger partial charge in [-0.05, 0) is 34.1 Å². The summed E-state index contributed by atoms with van der Waals surface area (Å²) in [5, 5.41) is 2.86. The summed E-state index contributed by atoms with van der Waals surface area (Å²) >= 11 is 3.41. The van der Waals surface area contributed by atoms with Crippen molar-refractivity contribution in [2.24, 2.45) is 11.8 Å².